The highest BCUT2D eigenvalue weighted by atomic mass is 79.9. The minimum Gasteiger partial charge on any atom is -0.337 e. The predicted octanol–water partition coefficient (Wildman–Crippen LogP) is 4.28. The third-order valence-electron chi connectivity index (χ3n) is 2.71. The molecule has 0 saturated carbocycles. The van der Waals surface area contributed by atoms with Crippen molar-refractivity contribution in [3.05, 3.63) is 59.1 Å². The maximum Gasteiger partial charge on any atom is 0.166 e. The van der Waals surface area contributed by atoms with Crippen LogP contribution in [0.1, 0.15) is 0 Å². The molecule has 0 aliphatic rings. The molecule has 3 aromatic rings. The Hall–Kier alpha value is -2.01. The largest absolute Gasteiger partial charge is 0.337 e. The number of halogens is 2. The van der Waals surface area contributed by atoms with E-state index in [2.05, 4.69) is 31.2 Å². The smallest absolute Gasteiger partial charge is 0.166 e. The van der Waals surface area contributed by atoms with Crippen LogP contribution in [0.5, 0.6) is 0 Å². The summed E-state index contributed by atoms with van der Waals surface area (Å²) in [5.41, 5.74) is 1.63. The molecule has 3 nitrogen and oxygen atoms in total. The van der Waals surface area contributed by atoms with E-state index in [4.69, 9.17) is 0 Å². The molecule has 0 amide bonds. The summed E-state index contributed by atoms with van der Waals surface area (Å²) < 4.78 is 14.4. The van der Waals surface area contributed by atoms with Gasteiger partial charge in [0.25, 0.3) is 0 Å². The Morgan fingerprint density at radius 2 is 2.00 bits per heavy atom. The molecule has 3 rings (SSSR count). The first-order valence-electron chi connectivity index (χ1n) is 5.66. The predicted molar refractivity (Wildman–Crippen MR) is 76.9 cm³/mol. The number of benzene rings is 1. The van der Waals surface area contributed by atoms with Gasteiger partial charge in [-0.3, -0.25) is 4.98 Å². The number of nitrogens with one attached hydrogen (secondary N) is 1. The molecule has 2 heterocycles. The summed E-state index contributed by atoms with van der Waals surface area (Å²) >= 11 is 3.18. The number of rotatable bonds is 2. The highest BCUT2D eigenvalue weighted by Crippen LogP contribution is 2.26. The van der Waals surface area contributed by atoms with E-state index in [0.717, 1.165) is 16.6 Å². The van der Waals surface area contributed by atoms with Crippen LogP contribution in [-0.2, 0) is 0 Å². The second kappa shape index (κ2) is 4.93. The first kappa shape index (κ1) is 12.0. The lowest BCUT2D eigenvalue weighted by Crippen LogP contribution is -1.97. The van der Waals surface area contributed by atoms with Gasteiger partial charge in [0.2, 0.25) is 0 Å². The Balaban J connectivity index is 2.06. The third-order valence-corrected chi connectivity index (χ3v) is 3.14. The van der Waals surface area contributed by atoms with Crippen molar-refractivity contribution in [2.75, 3.05) is 5.32 Å². The summed E-state index contributed by atoms with van der Waals surface area (Å²) in [6.45, 7) is 0. The van der Waals surface area contributed by atoms with Crippen LogP contribution < -0.4 is 5.32 Å². The van der Waals surface area contributed by atoms with Crippen molar-refractivity contribution >= 4 is 38.3 Å². The van der Waals surface area contributed by atoms with E-state index in [1.807, 2.05) is 30.3 Å². The standard InChI is InChI=1S/C14H9BrFN3/c15-9-7-11(16)14(18-8-9)19-13-5-1-4-12-10(13)3-2-6-17-12/h1-8H,(H,18,19). The van der Waals surface area contributed by atoms with Crippen molar-refractivity contribution in [1.82, 2.24) is 9.97 Å². The van der Waals surface area contributed by atoms with Crippen LogP contribution in [0, 0.1) is 5.82 Å². The quantitative estimate of drug-likeness (QED) is 0.766. The fourth-order valence-corrected chi connectivity index (χ4v) is 2.15. The first-order valence-corrected chi connectivity index (χ1v) is 6.45. The number of hydrogen-bond donors (Lipinski definition) is 1. The van der Waals surface area contributed by atoms with Crippen molar-refractivity contribution in [2.45, 2.75) is 0 Å². The van der Waals surface area contributed by atoms with Crippen molar-refractivity contribution in [3.63, 3.8) is 0 Å². The SMILES string of the molecule is Fc1cc(Br)cnc1Nc1cccc2ncccc12. The van der Waals surface area contributed by atoms with Gasteiger partial charge < -0.3 is 5.32 Å². The lowest BCUT2D eigenvalue weighted by Gasteiger charge is -2.09. The summed E-state index contributed by atoms with van der Waals surface area (Å²) in [4.78, 5) is 8.28. The zero-order valence-electron chi connectivity index (χ0n) is 9.77. The molecule has 0 aliphatic heterocycles. The molecule has 0 unspecified atom stereocenters. The number of anilines is 2. The molecule has 94 valence electrons. The minimum atomic E-state index is -0.407. The summed E-state index contributed by atoms with van der Waals surface area (Å²) in [5.74, 6) is -0.213. The molecule has 0 saturated heterocycles. The van der Waals surface area contributed by atoms with E-state index in [0.29, 0.717) is 4.47 Å². The van der Waals surface area contributed by atoms with Gasteiger partial charge in [0.15, 0.2) is 11.6 Å². The van der Waals surface area contributed by atoms with Gasteiger partial charge in [0.05, 0.1) is 5.52 Å². The van der Waals surface area contributed by atoms with Crippen LogP contribution in [0.2, 0.25) is 0 Å². The van der Waals surface area contributed by atoms with Crippen LogP contribution in [0.25, 0.3) is 10.9 Å². The summed E-state index contributed by atoms with van der Waals surface area (Å²) in [6.07, 6.45) is 3.28. The van der Waals surface area contributed by atoms with E-state index < -0.39 is 5.82 Å². The van der Waals surface area contributed by atoms with Gasteiger partial charge in [0, 0.05) is 27.9 Å². The first-order chi connectivity index (χ1) is 9.24. The molecule has 0 radical (unpaired) electrons. The van der Waals surface area contributed by atoms with Crippen LogP contribution >= 0.6 is 15.9 Å². The van der Waals surface area contributed by atoms with Crippen LogP contribution in [-0.4, -0.2) is 9.97 Å². The fourth-order valence-electron chi connectivity index (χ4n) is 1.85. The average molecular weight is 318 g/mol. The normalized spacial score (nSPS) is 10.6. The molecule has 0 aliphatic carbocycles. The monoisotopic (exact) mass is 317 g/mol. The summed E-state index contributed by atoms with van der Waals surface area (Å²) in [7, 11) is 0. The molecule has 1 aromatic carbocycles. The van der Waals surface area contributed by atoms with Crippen molar-refractivity contribution in [1.29, 1.82) is 0 Å². The van der Waals surface area contributed by atoms with Crippen molar-refractivity contribution in [3.8, 4) is 0 Å². The van der Waals surface area contributed by atoms with Crippen molar-refractivity contribution in [2.24, 2.45) is 0 Å². The van der Waals surface area contributed by atoms with Gasteiger partial charge >= 0.3 is 0 Å². The molecule has 5 heteroatoms. The van der Waals surface area contributed by atoms with Crippen LogP contribution in [0.3, 0.4) is 0 Å². The second-order valence-corrected chi connectivity index (χ2v) is 4.90. The van der Waals surface area contributed by atoms with Gasteiger partial charge in [-0.25, -0.2) is 9.37 Å². The van der Waals surface area contributed by atoms with E-state index >= 15 is 0 Å². The Morgan fingerprint density at radius 1 is 1.11 bits per heavy atom. The number of aromatic nitrogens is 2. The molecule has 2 aromatic heterocycles. The average Bonchev–Trinajstić information content (AvgIpc) is 2.42. The van der Waals surface area contributed by atoms with Gasteiger partial charge in [0.1, 0.15) is 0 Å². The highest BCUT2D eigenvalue weighted by Gasteiger charge is 2.07. The van der Waals surface area contributed by atoms with Gasteiger partial charge in [-0.05, 0) is 46.3 Å². The van der Waals surface area contributed by atoms with E-state index in [-0.39, 0.29) is 5.82 Å². The lowest BCUT2D eigenvalue weighted by atomic mass is 10.2. The number of pyridine rings is 2. The molecular formula is C14H9BrFN3. The Morgan fingerprint density at radius 3 is 2.84 bits per heavy atom. The third kappa shape index (κ3) is 2.42. The molecule has 0 atom stereocenters. The van der Waals surface area contributed by atoms with Crippen LogP contribution in [0.15, 0.2) is 53.3 Å². The zero-order valence-corrected chi connectivity index (χ0v) is 11.4. The Kier molecular flexibility index (Phi) is 3.13. The Labute approximate surface area is 117 Å². The summed E-state index contributed by atoms with van der Waals surface area (Å²) in [5, 5.41) is 3.92. The van der Waals surface area contributed by atoms with Crippen LogP contribution in [0.4, 0.5) is 15.9 Å². The maximum atomic E-state index is 13.8. The molecule has 0 spiro atoms. The number of hydrogen-bond acceptors (Lipinski definition) is 3. The fraction of sp³-hybridized carbons (Fsp3) is 0. The number of nitrogens with zero attached hydrogens (tertiary/aromatic N) is 2. The molecule has 0 fully saturated rings. The van der Waals surface area contributed by atoms with Gasteiger partial charge in [-0.15, -0.1) is 0 Å². The maximum absolute atomic E-state index is 13.8. The van der Waals surface area contributed by atoms with E-state index in [9.17, 15) is 4.39 Å². The molecular weight excluding hydrogens is 309 g/mol. The zero-order chi connectivity index (χ0) is 13.2. The number of fused-ring (bicyclic) bond motifs is 1. The van der Waals surface area contributed by atoms with Gasteiger partial charge in [-0.2, -0.15) is 0 Å². The lowest BCUT2D eigenvalue weighted by molar-refractivity contribution is 0.625. The molecule has 0 bridgehead atoms. The van der Waals surface area contributed by atoms with Gasteiger partial charge in [-0.1, -0.05) is 6.07 Å². The molecule has 19 heavy (non-hydrogen) atoms. The highest BCUT2D eigenvalue weighted by molar-refractivity contribution is 9.10. The van der Waals surface area contributed by atoms with Crippen molar-refractivity contribution < 1.29 is 4.39 Å². The second-order valence-electron chi connectivity index (χ2n) is 3.98. The minimum absolute atomic E-state index is 0.194. The topological polar surface area (TPSA) is 37.8 Å². The Bertz CT molecular complexity index is 740. The van der Waals surface area contributed by atoms with E-state index in [1.54, 1.807) is 12.4 Å². The summed E-state index contributed by atoms with van der Waals surface area (Å²) in [6, 6.07) is 10.8. The molecule has 1 N–H and O–H groups in total. The van der Waals surface area contributed by atoms with E-state index in [1.165, 1.54) is 6.07 Å².